The molecular weight excluding hydrogens is 250 g/mol. The van der Waals surface area contributed by atoms with E-state index in [1.165, 1.54) is 25.8 Å². The Morgan fingerprint density at radius 3 is 2.90 bits per heavy atom. The maximum absolute atomic E-state index is 10.0. The number of aliphatic hydroxyl groups excluding tert-OH is 1. The summed E-state index contributed by atoms with van der Waals surface area (Å²) in [4.78, 5) is 2.44. The normalized spacial score (nSPS) is 21.6. The predicted octanol–water partition coefficient (Wildman–Crippen LogP) is 3.38. The van der Waals surface area contributed by atoms with E-state index in [2.05, 4.69) is 11.9 Å². The van der Waals surface area contributed by atoms with E-state index >= 15 is 0 Å². The monoisotopic (exact) mass is 277 g/mol. The highest BCUT2D eigenvalue weighted by Crippen LogP contribution is 2.27. The number of piperidine rings is 1. The van der Waals surface area contributed by atoms with Crippen molar-refractivity contribution in [2.75, 3.05) is 20.2 Å². The molecule has 112 valence electrons. The van der Waals surface area contributed by atoms with E-state index in [0.717, 1.165) is 24.3 Å². The average molecular weight is 277 g/mol. The Bertz CT molecular complexity index is 408. The summed E-state index contributed by atoms with van der Waals surface area (Å²) in [6.45, 7) is 3.91. The van der Waals surface area contributed by atoms with E-state index in [0.29, 0.717) is 12.5 Å². The summed E-state index contributed by atoms with van der Waals surface area (Å²) in [6.07, 6.45) is 5.28. The van der Waals surface area contributed by atoms with E-state index in [1.54, 1.807) is 0 Å². The Balaban J connectivity index is 1.87. The molecule has 1 aromatic rings. The molecule has 1 N–H and O–H groups in total. The Morgan fingerprint density at radius 2 is 2.15 bits per heavy atom. The third-order valence-electron chi connectivity index (χ3n) is 4.29. The van der Waals surface area contributed by atoms with Gasteiger partial charge in [-0.3, -0.25) is 0 Å². The first-order valence-corrected chi connectivity index (χ1v) is 7.82. The van der Waals surface area contributed by atoms with E-state index in [4.69, 9.17) is 4.74 Å². The van der Waals surface area contributed by atoms with Crippen molar-refractivity contribution in [1.82, 2.24) is 4.90 Å². The summed E-state index contributed by atoms with van der Waals surface area (Å²) in [5.41, 5.74) is 0.909. The van der Waals surface area contributed by atoms with Gasteiger partial charge in [0.25, 0.3) is 0 Å². The smallest absolute Gasteiger partial charge is 0.125 e. The van der Waals surface area contributed by atoms with Gasteiger partial charge in [-0.05, 0) is 45.3 Å². The SMILES string of the molecule is CC[C@@H](O)c1ccccc1OCCC1CCCCN1C. The minimum absolute atomic E-state index is 0.427. The fourth-order valence-corrected chi connectivity index (χ4v) is 2.92. The molecule has 0 spiro atoms. The first-order valence-electron chi connectivity index (χ1n) is 7.82. The highest BCUT2D eigenvalue weighted by Gasteiger charge is 2.19. The molecule has 0 radical (unpaired) electrons. The number of rotatable bonds is 6. The maximum Gasteiger partial charge on any atom is 0.125 e. The van der Waals surface area contributed by atoms with Crippen molar-refractivity contribution < 1.29 is 9.84 Å². The van der Waals surface area contributed by atoms with Crippen LogP contribution in [0, 0.1) is 0 Å². The maximum atomic E-state index is 10.0. The zero-order chi connectivity index (χ0) is 14.4. The summed E-state index contributed by atoms with van der Waals surface area (Å²) >= 11 is 0. The molecule has 1 unspecified atom stereocenters. The largest absolute Gasteiger partial charge is 0.493 e. The van der Waals surface area contributed by atoms with Crippen LogP contribution in [-0.4, -0.2) is 36.2 Å². The fourth-order valence-electron chi connectivity index (χ4n) is 2.92. The van der Waals surface area contributed by atoms with Crippen LogP contribution in [0.5, 0.6) is 5.75 Å². The Kier molecular flexibility index (Phi) is 5.86. The molecule has 3 heteroatoms. The van der Waals surface area contributed by atoms with Gasteiger partial charge in [-0.1, -0.05) is 31.5 Å². The number of benzene rings is 1. The highest BCUT2D eigenvalue weighted by molar-refractivity contribution is 5.34. The van der Waals surface area contributed by atoms with Crippen LogP contribution in [0.25, 0.3) is 0 Å². The third-order valence-corrected chi connectivity index (χ3v) is 4.29. The molecule has 1 aromatic carbocycles. The number of hydrogen-bond donors (Lipinski definition) is 1. The lowest BCUT2D eigenvalue weighted by Gasteiger charge is -2.32. The van der Waals surface area contributed by atoms with Gasteiger partial charge in [-0.25, -0.2) is 0 Å². The summed E-state index contributed by atoms with van der Waals surface area (Å²) in [6, 6.07) is 8.48. The zero-order valence-electron chi connectivity index (χ0n) is 12.7. The molecule has 0 aromatic heterocycles. The number of likely N-dealkylation sites (tertiary alicyclic amines) is 1. The van der Waals surface area contributed by atoms with Crippen LogP contribution in [0.3, 0.4) is 0 Å². The van der Waals surface area contributed by atoms with E-state index in [-0.39, 0.29) is 0 Å². The van der Waals surface area contributed by atoms with E-state index in [9.17, 15) is 5.11 Å². The van der Waals surface area contributed by atoms with Crippen molar-refractivity contribution in [3.8, 4) is 5.75 Å². The summed E-state index contributed by atoms with van der Waals surface area (Å²) < 4.78 is 5.92. The van der Waals surface area contributed by atoms with Crippen LogP contribution in [0.4, 0.5) is 0 Å². The molecule has 0 amide bonds. The van der Waals surface area contributed by atoms with E-state index < -0.39 is 6.10 Å². The first kappa shape index (κ1) is 15.3. The lowest BCUT2D eigenvalue weighted by Crippen LogP contribution is -2.37. The molecule has 1 heterocycles. The summed E-state index contributed by atoms with van der Waals surface area (Å²) in [5, 5.41) is 10.0. The minimum Gasteiger partial charge on any atom is -0.493 e. The second-order valence-electron chi connectivity index (χ2n) is 5.73. The lowest BCUT2D eigenvalue weighted by molar-refractivity contribution is 0.146. The third kappa shape index (κ3) is 3.97. The Labute approximate surface area is 122 Å². The molecule has 0 aliphatic carbocycles. The van der Waals surface area contributed by atoms with Crippen LogP contribution >= 0.6 is 0 Å². The van der Waals surface area contributed by atoms with Crippen molar-refractivity contribution in [3.05, 3.63) is 29.8 Å². The van der Waals surface area contributed by atoms with Gasteiger partial charge in [0.15, 0.2) is 0 Å². The molecule has 1 aliphatic rings. The van der Waals surface area contributed by atoms with Crippen molar-refractivity contribution >= 4 is 0 Å². The Morgan fingerprint density at radius 1 is 1.35 bits per heavy atom. The van der Waals surface area contributed by atoms with Crippen LogP contribution in [0.1, 0.15) is 50.7 Å². The van der Waals surface area contributed by atoms with Gasteiger partial charge >= 0.3 is 0 Å². The number of para-hydroxylation sites is 1. The van der Waals surface area contributed by atoms with Crippen LogP contribution in [-0.2, 0) is 0 Å². The molecule has 2 atom stereocenters. The molecular formula is C17H27NO2. The average Bonchev–Trinajstić information content (AvgIpc) is 2.49. The standard InChI is InChI=1S/C17H27NO2/c1-3-16(19)15-9-4-5-10-17(15)20-13-11-14-8-6-7-12-18(14)2/h4-5,9-10,14,16,19H,3,6-8,11-13H2,1-2H3/t14?,16-/m1/s1. The molecule has 2 rings (SSSR count). The fraction of sp³-hybridized carbons (Fsp3) is 0.647. The molecule has 1 aliphatic heterocycles. The topological polar surface area (TPSA) is 32.7 Å². The molecule has 0 bridgehead atoms. The van der Waals surface area contributed by atoms with Gasteiger partial charge in [-0.2, -0.15) is 0 Å². The second-order valence-corrected chi connectivity index (χ2v) is 5.73. The quantitative estimate of drug-likeness (QED) is 0.865. The second kappa shape index (κ2) is 7.65. The Hall–Kier alpha value is -1.06. The van der Waals surface area contributed by atoms with Gasteiger partial charge in [0.05, 0.1) is 12.7 Å². The predicted molar refractivity (Wildman–Crippen MR) is 82.1 cm³/mol. The van der Waals surface area contributed by atoms with E-state index in [1.807, 2.05) is 31.2 Å². The number of nitrogens with zero attached hydrogens (tertiary/aromatic N) is 1. The van der Waals surface area contributed by atoms with Crippen LogP contribution in [0.2, 0.25) is 0 Å². The summed E-state index contributed by atoms with van der Waals surface area (Å²) in [7, 11) is 2.21. The molecule has 20 heavy (non-hydrogen) atoms. The van der Waals surface area contributed by atoms with Crippen molar-refractivity contribution in [3.63, 3.8) is 0 Å². The van der Waals surface area contributed by atoms with Crippen LogP contribution in [0.15, 0.2) is 24.3 Å². The number of aliphatic hydroxyl groups is 1. The van der Waals surface area contributed by atoms with Crippen molar-refractivity contribution in [1.29, 1.82) is 0 Å². The lowest BCUT2D eigenvalue weighted by atomic mass is 10.0. The first-order chi connectivity index (χ1) is 9.72. The minimum atomic E-state index is -0.427. The molecule has 1 saturated heterocycles. The van der Waals surface area contributed by atoms with Gasteiger partial charge in [-0.15, -0.1) is 0 Å². The highest BCUT2D eigenvalue weighted by atomic mass is 16.5. The number of ether oxygens (including phenoxy) is 1. The van der Waals surface area contributed by atoms with Gasteiger partial charge in [0.2, 0.25) is 0 Å². The van der Waals surface area contributed by atoms with Crippen molar-refractivity contribution in [2.45, 2.75) is 51.2 Å². The van der Waals surface area contributed by atoms with Gasteiger partial charge in [0.1, 0.15) is 5.75 Å². The molecule has 1 fully saturated rings. The number of hydrogen-bond acceptors (Lipinski definition) is 3. The molecule has 0 saturated carbocycles. The summed E-state index contributed by atoms with van der Waals surface area (Å²) in [5.74, 6) is 0.834. The van der Waals surface area contributed by atoms with Crippen molar-refractivity contribution in [2.24, 2.45) is 0 Å². The van der Waals surface area contributed by atoms with Gasteiger partial charge < -0.3 is 14.7 Å². The molecule has 3 nitrogen and oxygen atoms in total. The van der Waals surface area contributed by atoms with Crippen LogP contribution < -0.4 is 4.74 Å². The van der Waals surface area contributed by atoms with Gasteiger partial charge in [0, 0.05) is 11.6 Å². The zero-order valence-corrected chi connectivity index (χ0v) is 12.7.